The molecule has 0 amide bonds. The molecule has 5 rings (SSSR count). The normalized spacial score (nSPS) is 11.1. The van der Waals surface area contributed by atoms with Crippen LogP contribution in [0.5, 0.6) is 5.75 Å². The molecule has 0 spiro atoms. The molecule has 5 nitrogen and oxygen atoms in total. The Bertz CT molecular complexity index is 1580. The van der Waals surface area contributed by atoms with E-state index in [1.807, 2.05) is 24.3 Å². The molecule has 0 fully saturated rings. The second-order valence-corrected chi connectivity index (χ2v) is 9.61. The molecule has 0 saturated heterocycles. The number of aryl methyl sites for hydroxylation is 1. The van der Waals surface area contributed by atoms with Gasteiger partial charge in [0.05, 0.1) is 4.88 Å². The first kappa shape index (κ1) is 21.9. The molecule has 2 N–H and O–H groups in total. The first-order chi connectivity index (χ1) is 16.3. The number of halogens is 1. The molecule has 0 saturated carbocycles. The fourth-order valence-corrected chi connectivity index (χ4v) is 5.83. The fraction of sp³-hybridized carbons (Fsp3) is 0.0385. The molecule has 0 radical (unpaired) electrons. The Morgan fingerprint density at radius 2 is 1.71 bits per heavy atom. The van der Waals surface area contributed by atoms with Crippen LogP contribution in [0.25, 0.3) is 31.8 Å². The minimum absolute atomic E-state index is 0.00439. The maximum Gasteiger partial charge on any atom is 0.355 e. The maximum atomic E-state index is 13.6. The van der Waals surface area contributed by atoms with E-state index < -0.39 is 11.8 Å². The monoisotopic (exact) mass is 489 g/mol. The van der Waals surface area contributed by atoms with E-state index in [0.29, 0.717) is 21.0 Å². The van der Waals surface area contributed by atoms with Gasteiger partial charge in [0.2, 0.25) is 5.78 Å². The molecule has 0 aliphatic heterocycles. The lowest BCUT2D eigenvalue weighted by atomic mass is 9.96. The molecule has 8 heteroatoms. The number of phenolic OH excluding ortho intramolecular Hbond substituents is 1. The third-order valence-electron chi connectivity index (χ3n) is 5.46. The van der Waals surface area contributed by atoms with E-state index in [1.165, 1.54) is 46.3 Å². The molecule has 0 aliphatic rings. The molecule has 2 aromatic heterocycles. The van der Waals surface area contributed by atoms with Crippen LogP contribution in [-0.2, 0) is 0 Å². The number of rotatable bonds is 5. The minimum Gasteiger partial charge on any atom is -0.508 e. The first-order valence-electron chi connectivity index (χ1n) is 10.2. The standard InChI is InChI=1S/C26H16FNO4S2/c1-13-10-16(27)6-8-18(13)23(30)24-22(19-9-7-17(29)11-21(19)34-24)14-2-4-15(5-3-14)25-28-20(12-33-25)26(31)32/h2-12,29H,1H3,(H,31,32). The average Bonchev–Trinajstić information content (AvgIpc) is 3.44. The Morgan fingerprint density at radius 1 is 0.971 bits per heavy atom. The molecule has 0 aliphatic carbocycles. The number of carbonyl (C=O) groups excluding carboxylic acids is 1. The molecule has 0 unspecified atom stereocenters. The second kappa shape index (κ2) is 8.48. The number of thiazole rings is 1. The molecular weight excluding hydrogens is 473 g/mol. The first-order valence-corrected chi connectivity index (χ1v) is 11.9. The minimum atomic E-state index is -1.08. The van der Waals surface area contributed by atoms with Crippen LogP contribution in [0, 0.1) is 12.7 Å². The number of nitrogens with zero attached hydrogens (tertiary/aromatic N) is 1. The molecule has 0 bridgehead atoms. The summed E-state index contributed by atoms with van der Waals surface area (Å²) in [4.78, 5) is 29.3. The van der Waals surface area contributed by atoms with Crippen molar-refractivity contribution < 1.29 is 24.2 Å². The SMILES string of the molecule is Cc1cc(F)ccc1C(=O)c1sc2cc(O)ccc2c1-c1ccc(-c2nc(C(=O)O)cs2)cc1. The van der Waals surface area contributed by atoms with Gasteiger partial charge in [-0.05, 0) is 54.4 Å². The van der Waals surface area contributed by atoms with Crippen molar-refractivity contribution in [2.75, 3.05) is 0 Å². The Balaban J connectivity index is 1.63. The number of benzene rings is 3. The highest BCUT2D eigenvalue weighted by molar-refractivity contribution is 7.21. The van der Waals surface area contributed by atoms with Gasteiger partial charge in [-0.3, -0.25) is 4.79 Å². The summed E-state index contributed by atoms with van der Waals surface area (Å²) >= 11 is 2.52. The van der Waals surface area contributed by atoms with Gasteiger partial charge in [0.1, 0.15) is 16.6 Å². The summed E-state index contributed by atoms with van der Waals surface area (Å²) < 4.78 is 14.4. The van der Waals surface area contributed by atoms with Crippen molar-refractivity contribution in [3.63, 3.8) is 0 Å². The summed E-state index contributed by atoms with van der Waals surface area (Å²) in [7, 11) is 0. The van der Waals surface area contributed by atoms with Gasteiger partial charge in [-0.15, -0.1) is 22.7 Å². The number of ketones is 1. The number of carboxylic acids is 1. The number of hydrogen-bond acceptors (Lipinski definition) is 6. The van der Waals surface area contributed by atoms with Crippen molar-refractivity contribution in [1.82, 2.24) is 4.98 Å². The summed E-state index contributed by atoms with van der Waals surface area (Å²) in [6.45, 7) is 1.70. The highest BCUT2D eigenvalue weighted by Gasteiger charge is 2.23. The van der Waals surface area contributed by atoms with E-state index in [4.69, 9.17) is 5.11 Å². The van der Waals surface area contributed by atoms with E-state index in [0.717, 1.165) is 26.8 Å². The molecular formula is C26H16FNO4S2. The van der Waals surface area contributed by atoms with Crippen LogP contribution in [0.1, 0.15) is 31.3 Å². The summed E-state index contributed by atoms with van der Waals surface area (Å²) in [5.41, 5.74) is 3.24. The van der Waals surface area contributed by atoms with Gasteiger partial charge in [-0.2, -0.15) is 0 Å². The predicted molar refractivity (Wildman–Crippen MR) is 132 cm³/mol. The maximum absolute atomic E-state index is 13.6. The quantitative estimate of drug-likeness (QED) is 0.266. The van der Waals surface area contributed by atoms with Crippen LogP contribution >= 0.6 is 22.7 Å². The zero-order chi connectivity index (χ0) is 24.0. The zero-order valence-electron chi connectivity index (χ0n) is 17.7. The number of carbonyl (C=O) groups is 2. The Kier molecular flexibility index (Phi) is 5.47. The van der Waals surface area contributed by atoms with Gasteiger partial charge in [-0.1, -0.05) is 24.3 Å². The second-order valence-electron chi connectivity index (χ2n) is 7.70. The fourth-order valence-electron chi connectivity index (χ4n) is 3.82. The third-order valence-corrected chi connectivity index (χ3v) is 7.50. The van der Waals surface area contributed by atoms with Crippen molar-refractivity contribution in [1.29, 1.82) is 0 Å². The molecule has 0 atom stereocenters. The highest BCUT2D eigenvalue weighted by Crippen LogP contribution is 2.42. The van der Waals surface area contributed by atoms with Gasteiger partial charge in [-0.25, -0.2) is 14.2 Å². The van der Waals surface area contributed by atoms with E-state index in [1.54, 1.807) is 25.1 Å². The number of aromatic nitrogens is 1. The smallest absolute Gasteiger partial charge is 0.355 e. The van der Waals surface area contributed by atoms with Crippen LogP contribution in [0.2, 0.25) is 0 Å². The van der Waals surface area contributed by atoms with Gasteiger partial charge in [0.25, 0.3) is 0 Å². The van der Waals surface area contributed by atoms with Crippen LogP contribution in [-0.4, -0.2) is 26.9 Å². The topological polar surface area (TPSA) is 87.5 Å². The lowest BCUT2D eigenvalue weighted by Crippen LogP contribution is -2.03. The van der Waals surface area contributed by atoms with E-state index in [2.05, 4.69) is 4.98 Å². The zero-order valence-corrected chi connectivity index (χ0v) is 19.3. The van der Waals surface area contributed by atoms with Crippen molar-refractivity contribution >= 4 is 44.5 Å². The largest absolute Gasteiger partial charge is 0.508 e. The van der Waals surface area contributed by atoms with Crippen LogP contribution in [0.4, 0.5) is 4.39 Å². The van der Waals surface area contributed by atoms with E-state index in [-0.39, 0.29) is 17.2 Å². The number of aromatic hydroxyl groups is 1. The molecule has 168 valence electrons. The Hall–Kier alpha value is -3.88. The summed E-state index contributed by atoms with van der Waals surface area (Å²) in [6, 6.07) is 16.5. The average molecular weight is 490 g/mol. The van der Waals surface area contributed by atoms with Gasteiger partial charge < -0.3 is 10.2 Å². The van der Waals surface area contributed by atoms with Crippen molar-refractivity contribution in [2.45, 2.75) is 6.92 Å². The lowest BCUT2D eigenvalue weighted by molar-refractivity contribution is 0.0691. The molecule has 5 aromatic rings. The van der Waals surface area contributed by atoms with Crippen LogP contribution in [0.3, 0.4) is 0 Å². The Morgan fingerprint density at radius 3 is 2.38 bits per heavy atom. The molecule has 34 heavy (non-hydrogen) atoms. The number of hydrogen-bond donors (Lipinski definition) is 2. The predicted octanol–water partition coefficient (Wildman–Crippen LogP) is 6.77. The third kappa shape index (κ3) is 3.87. The number of aromatic carboxylic acids is 1. The summed E-state index contributed by atoms with van der Waals surface area (Å²) in [5, 5.41) is 22.0. The van der Waals surface area contributed by atoms with Crippen molar-refractivity contribution in [3.05, 3.63) is 93.6 Å². The Labute approximate surface area is 201 Å². The van der Waals surface area contributed by atoms with E-state index in [9.17, 15) is 19.1 Å². The highest BCUT2D eigenvalue weighted by atomic mass is 32.1. The molecule has 2 heterocycles. The van der Waals surface area contributed by atoms with Crippen molar-refractivity contribution in [3.8, 4) is 27.4 Å². The summed E-state index contributed by atoms with van der Waals surface area (Å²) in [6.07, 6.45) is 0. The lowest BCUT2D eigenvalue weighted by Gasteiger charge is -2.08. The van der Waals surface area contributed by atoms with Gasteiger partial charge in [0.15, 0.2) is 5.69 Å². The van der Waals surface area contributed by atoms with E-state index >= 15 is 0 Å². The van der Waals surface area contributed by atoms with Crippen LogP contribution in [0.15, 0.2) is 66.0 Å². The number of fused-ring (bicyclic) bond motifs is 1. The van der Waals surface area contributed by atoms with Gasteiger partial charge in [0, 0.05) is 32.2 Å². The number of phenols is 1. The van der Waals surface area contributed by atoms with Gasteiger partial charge >= 0.3 is 5.97 Å². The number of thiophene rings is 1. The summed E-state index contributed by atoms with van der Waals surface area (Å²) in [5.74, 6) is -1.60. The van der Waals surface area contributed by atoms with Crippen LogP contribution < -0.4 is 0 Å². The number of carboxylic acid groups (broad SMARTS) is 1. The molecule has 3 aromatic carbocycles. The van der Waals surface area contributed by atoms with Crippen molar-refractivity contribution in [2.24, 2.45) is 0 Å².